The minimum absolute atomic E-state index is 0.0863. The zero-order valence-electron chi connectivity index (χ0n) is 15.2. The lowest BCUT2D eigenvalue weighted by atomic mass is 10.1. The summed E-state index contributed by atoms with van der Waals surface area (Å²) < 4.78 is 1.98. The first-order chi connectivity index (χ1) is 13.1. The predicted molar refractivity (Wildman–Crippen MR) is 107 cm³/mol. The number of ketones is 1. The van der Waals surface area contributed by atoms with Gasteiger partial charge in [-0.15, -0.1) is 10.2 Å². The second kappa shape index (κ2) is 8.64. The average molecular weight is 380 g/mol. The summed E-state index contributed by atoms with van der Waals surface area (Å²) in [7, 11) is 0. The van der Waals surface area contributed by atoms with Gasteiger partial charge in [0, 0.05) is 17.7 Å². The van der Waals surface area contributed by atoms with Gasteiger partial charge in [-0.25, -0.2) is 0 Å². The van der Waals surface area contributed by atoms with Gasteiger partial charge < -0.3 is 9.88 Å². The molecule has 0 saturated heterocycles. The maximum Gasteiger partial charge on any atom is 0.234 e. The maximum atomic E-state index is 12.3. The molecule has 27 heavy (non-hydrogen) atoms. The molecule has 0 spiro atoms. The van der Waals surface area contributed by atoms with Crippen molar-refractivity contribution in [2.75, 3.05) is 11.1 Å². The van der Waals surface area contributed by atoms with Gasteiger partial charge in [-0.1, -0.05) is 54.2 Å². The van der Waals surface area contributed by atoms with Crippen LogP contribution in [0.25, 0.3) is 11.4 Å². The number of benzene rings is 2. The SMILES string of the molecule is CCn1c(SCC(=O)Nc2ccccc2C(C)=O)nnc1-c1ccccc1. The Morgan fingerprint density at radius 1 is 1.04 bits per heavy atom. The van der Waals surface area contributed by atoms with E-state index in [1.807, 2.05) is 41.8 Å². The second-order valence-corrected chi connectivity index (χ2v) is 6.80. The van der Waals surface area contributed by atoms with Gasteiger partial charge >= 0.3 is 0 Å². The van der Waals surface area contributed by atoms with E-state index in [1.165, 1.54) is 18.7 Å². The summed E-state index contributed by atoms with van der Waals surface area (Å²) in [5.41, 5.74) is 2.01. The van der Waals surface area contributed by atoms with Crippen molar-refractivity contribution >= 4 is 29.1 Å². The molecule has 7 heteroatoms. The number of rotatable bonds is 7. The van der Waals surface area contributed by atoms with E-state index < -0.39 is 0 Å². The minimum Gasteiger partial charge on any atom is -0.325 e. The molecule has 1 heterocycles. The summed E-state index contributed by atoms with van der Waals surface area (Å²) in [6, 6.07) is 16.8. The Morgan fingerprint density at radius 3 is 2.44 bits per heavy atom. The topological polar surface area (TPSA) is 76.9 Å². The highest BCUT2D eigenvalue weighted by Gasteiger charge is 2.15. The molecule has 138 valence electrons. The van der Waals surface area contributed by atoms with Crippen LogP contribution in [0.3, 0.4) is 0 Å². The third kappa shape index (κ3) is 4.43. The summed E-state index contributed by atoms with van der Waals surface area (Å²) >= 11 is 1.32. The van der Waals surface area contributed by atoms with Crippen LogP contribution in [0.4, 0.5) is 5.69 Å². The Balaban J connectivity index is 1.70. The summed E-state index contributed by atoms with van der Waals surface area (Å²) in [5.74, 6) is 0.680. The highest BCUT2D eigenvalue weighted by molar-refractivity contribution is 7.99. The number of hydrogen-bond donors (Lipinski definition) is 1. The van der Waals surface area contributed by atoms with Crippen molar-refractivity contribution in [3.63, 3.8) is 0 Å². The average Bonchev–Trinajstić information content (AvgIpc) is 3.10. The Morgan fingerprint density at radius 2 is 1.74 bits per heavy atom. The van der Waals surface area contributed by atoms with E-state index in [2.05, 4.69) is 15.5 Å². The molecule has 3 rings (SSSR count). The van der Waals surface area contributed by atoms with Crippen LogP contribution >= 0.6 is 11.8 Å². The van der Waals surface area contributed by atoms with E-state index in [4.69, 9.17) is 0 Å². The van der Waals surface area contributed by atoms with E-state index in [0.717, 1.165) is 11.4 Å². The molecule has 1 aromatic heterocycles. The fourth-order valence-corrected chi connectivity index (χ4v) is 3.50. The normalized spacial score (nSPS) is 10.6. The van der Waals surface area contributed by atoms with E-state index in [1.54, 1.807) is 24.3 Å². The third-order valence-corrected chi connectivity index (χ3v) is 4.94. The second-order valence-electron chi connectivity index (χ2n) is 5.86. The number of amides is 1. The molecule has 0 atom stereocenters. The predicted octanol–water partition coefficient (Wildman–Crippen LogP) is 3.90. The maximum absolute atomic E-state index is 12.3. The highest BCUT2D eigenvalue weighted by atomic mass is 32.2. The number of aromatic nitrogens is 3. The van der Waals surface area contributed by atoms with Crippen LogP contribution in [0.1, 0.15) is 24.2 Å². The molecule has 0 saturated carbocycles. The van der Waals surface area contributed by atoms with Crippen molar-refractivity contribution < 1.29 is 9.59 Å². The van der Waals surface area contributed by atoms with Gasteiger partial charge in [0.1, 0.15) is 0 Å². The number of carbonyl (C=O) groups excluding carboxylic acids is 2. The number of thioether (sulfide) groups is 1. The molecule has 0 aliphatic heterocycles. The van der Waals surface area contributed by atoms with Crippen LogP contribution in [0.5, 0.6) is 0 Å². The summed E-state index contributed by atoms with van der Waals surface area (Å²) in [6.07, 6.45) is 0. The lowest BCUT2D eigenvalue weighted by molar-refractivity contribution is -0.113. The lowest BCUT2D eigenvalue weighted by Crippen LogP contribution is -2.16. The summed E-state index contributed by atoms with van der Waals surface area (Å²) in [6.45, 7) is 4.20. The smallest absolute Gasteiger partial charge is 0.234 e. The number of hydrogen-bond acceptors (Lipinski definition) is 5. The van der Waals surface area contributed by atoms with Gasteiger partial charge in [-0.3, -0.25) is 9.59 Å². The van der Waals surface area contributed by atoms with E-state index in [9.17, 15) is 9.59 Å². The fraction of sp³-hybridized carbons (Fsp3) is 0.200. The number of carbonyl (C=O) groups is 2. The Bertz CT molecular complexity index is 954. The first-order valence-corrected chi connectivity index (χ1v) is 9.60. The molecule has 1 N–H and O–H groups in total. The van der Waals surface area contributed by atoms with Gasteiger partial charge in [-0.05, 0) is 26.0 Å². The van der Waals surface area contributed by atoms with E-state index in [0.29, 0.717) is 23.0 Å². The fourth-order valence-electron chi connectivity index (χ4n) is 2.70. The molecule has 0 unspecified atom stereocenters. The monoisotopic (exact) mass is 380 g/mol. The van der Waals surface area contributed by atoms with Crippen molar-refractivity contribution in [3.8, 4) is 11.4 Å². The van der Waals surface area contributed by atoms with Crippen molar-refractivity contribution in [1.29, 1.82) is 0 Å². The van der Waals surface area contributed by atoms with Crippen LogP contribution in [0, 0.1) is 0 Å². The zero-order valence-corrected chi connectivity index (χ0v) is 16.0. The van der Waals surface area contributed by atoms with Gasteiger partial charge in [0.05, 0.1) is 11.4 Å². The number of nitrogens with zero attached hydrogens (tertiary/aromatic N) is 3. The largest absolute Gasteiger partial charge is 0.325 e. The van der Waals surface area contributed by atoms with Crippen molar-refractivity contribution in [3.05, 3.63) is 60.2 Å². The summed E-state index contributed by atoms with van der Waals surface area (Å²) in [4.78, 5) is 24.0. The zero-order chi connectivity index (χ0) is 19.2. The van der Waals surface area contributed by atoms with Crippen LogP contribution < -0.4 is 5.32 Å². The van der Waals surface area contributed by atoms with Crippen molar-refractivity contribution in [2.45, 2.75) is 25.5 Å². The Hall–Kier alpha value is -2.93. The first kappa shape index (κ1) is 18.8. The highest BCUT2D eigenvalue weighted by Crippen LogP contribution is 2.24. The molecule has 0 aliphatic carbocycles. The molecule has 1 amide bonds. The van der Waals surface area contributed by atoms with Crippen LogP contribution in [-0.4, -0.2) is 32.2 Å². The van der Waals surface area contributed by atoms with Crippen molar-refractivity contribution in [2.24, 2.45) is 0 Å². The first-order valence-electron chi connectivity index (χ1n) is 8.61. The Kier molecular flexibility index (Phi) is 6.03. The minimum atomic E-state index is -0.194. The van der Waals surface area contributed by atoms with Gasteiger partial charge in [-0.2, -0.15) is 0 Å². The molecule has 0 aliphatic rings. The van der Waals surface area contributed by atoms with Crippen LogP contribution in [-0.2, 0) is 11.3 Å². The number of anilines is 1. The molecule has 3 aromatic rings. The number of Topliss-reactive ketones (excluding diaryl/α,β-unsaturated/α-hetero) is 1. The molecule has 6 nitrogen and oxygen atoms in total. The van der Waals surface area contributed by atoms with E-state index in [-0.39, 0.29) is 17.4 Å². The van der Waals surface area contributed by atoms with Crippen LogP contribution in [0.2, 0.25) is 0 Å². The van der Waals surface area contributed by atoms with Crippen molar-refractivity contribution in [1.82, 2.24) is 14.8 Å². The Labute approximate surface area is 162 Å². The standard InChI is InChI=1S/C20H20N4O2S/c1-3-24-19(15-9-5-4-6-10-15)22-23-20(24)27-13-18(26)21-17-12-8-7-11-16(17)14(2)25/h4-12H,3,13H2,1-2H3,(H,21,26). The quantitative estimate of drug-likeness (QED) is 0.497. The lowest BCUT2D eigenvalue weighted by Gasteiger charge is -2.09. The molecular formula is C20H20N4O2S. The molecule has 0 bridgehead atoms. The van der Waals surface area contributed by atoms with Gasteiger partial charge in [0.15, 0.2) is 16.8 Å². The number of para-hydroxylation sites is 1. The van der Waals surface area contributed by atoms with E-state index >= 15 is 0 Å². The van der Waals surface area contributed by atoms with Crippen LogP contribution in [0.15, 0.2) is 59.8 Å². The molecule has 2 aromatic carbocycles. The number of nitrogens with one attached hydrogen (secondary N) is 1. The third-order valence-electron chi connectivity index (χ3n) is 3.98. The summed E-state index contributed by atoms with van der Waals surface area (Å²) in [5, 5.41) is 12.0. The van der Waals surface area contributed by atoms with Gasteiger partial charge in [0.25, 0.3) is 0 Å². The molecule has 0 fully saturated rings. The van der Waals surface area contributed by atoms with Gasteiger partial charge in [0.2, 0.25) is 5.91 Å². The molecule has 0 radical (unpaired) electrons. The molecular weight excluding hydrogens is 360 g/mol.